The van der Waals surface area contributed by atoms with Gasteiger partial charge in [-0.05, 0) is 72.6 Å². The minimum Gasteiger partial charge on any atom is -0.481 e. The van der Waals surface area contributed by atoms with E-state index in [1.165, 1.54) is 0 Å². The molecule has 0 saturated heterocycles. The SMILES string of the molecule is CC(C)c1cc2c(cc1S(=O)(=O)O)C1(C)CCCC(C)(C(=O)O)C1CC2.[Na]. The Balaban J connectivity index is 0.00000261. The van der Waals surface area contributed by atoms with Crippen LogP contribution in [0.1, 0.15) is 76.0 Å². The van der Waals surface area contributed by atoms with E-state index >= 15 is 0 Å². The fraction of sp³-hybridized carbons (Fsp3) is 0.650. The maximum Gasteiger partial charge on any atom is 0.309 e. The van der Waals surface area contributed by atoms with Crippen molar-refractivity contribution in [2.45, 2.75) is 76.0 Å². The molecule has 2 N–H and O–H groups in total. The number of rotatable bonds is 3. The van der Waals surface area contributed by atoms with Crippen LogP contribution in [0, 0.1) is 11.3 Å². The molecule has 5 nitrogen and oxygen atoms in total. The Labute approximate surface area is 184 Å². The Bertz CT molecular complexity index is 863. The van der Waals surface area contributed by atoms with Gasteiger partial charge in [-0.2, -0.15) is 8.42 Å². The molecule has 0 bridgehead atoms. The summed E-state index contributed by atoms with van der Waals surface area (Å²) in [5.74, 6) is -0.850. The van der Waals surface area contributed by atoms with Crippen molar-refractivity contribution in [2.24, 2.45) is 11.3 Å². The molecule has 7 heteroatoms. The van der Waals surface area contributed by atoms with Gasteiger partial charge in [0.1, 0.15) is 0 Å². The van der Waals surface area contributed by atoms with E-state index in [1.54, 1.807) is 6.07 Å². The van der Waals surface area contributed by atoms with Crippen LogP contribution >= 0.6 is 0 Å². The maximum atomic E-state index is 12.0. The first-order chi connectivity index (χ1) is 11.9. The van der Waals surface area contributed by atoms with Gasteiger partial charge >= 0.3 is 5.97 Å². The summed E-state index contributed by atoms with van der Waals surface area (Å²) in [7, 11) is -4.34. The Morgan fingerprint density at radius 2 is 1.85 bits per heavy atom. The minimum absolute atomic E-state index is 0. The van der Waals surface area contributed by atoms with Gasteiger partial charge in [-0.25, -0.2) is 0 Å². The molecule has 3 rings (SSSR count). The summed E-state index contributed by atoms with van der Waals surface area (Å²) in [6, 6.07) is 3.54. The van der Waals surface area contributed by atoms with E-state index in [-0.39, 0.29) is 46.3 Å². The van der Waals surface area contributed by atoms with E-state index < -0.39 is 26.9 Å². The third-order valence-corrected chi connectivity index (χ3v) is 7.78. The largest absolute Gasteiger partial charge is 0.481 e. The van der Waals surface area contributed by atoms with Crippen LogP contribution in [0.25, 0.3) is 0 Å². The minimum atomic E-state index is -4.34. The Kier molecular flexibility index (Phi) is 6.31. The standard InChI is InChI=1S/C20H28O5S.Na/c1-12(2)14-10-13-6-7-17-19(3,8-5-9-20(17,4)18(21)22)15(13)11-16(14)26(23,24)25;/h10-12,17H,5-9H2,1-4H3,(H,21,22)(H,23,24,25);. The average Bonchev–Trinajstić information content (AvgIpc) is 2.52. The van der Waals surface area contributed by atoms with Gasteiger partial charge in [0.2, 0.25) is 0 Å². The molecule has 0 heterocycles. The monoisotopic (exact) mass is 403 g/mol. The molecule has 3 atom stereocenters. The molecular weight excluding hydrogens is 375 g/mol. The number of benzene rings is 1. The van der Waals surface area contributed by atoms with Crippen LogP contribution < -0.4 is 0 Å². The van der Waals surface area contributed by atoms with E-state index in [4.69, 9.17) is 0 Å². The van der Waals surface area contributed by atoms with Crippen molar-refractivity contribution in [1.29, 1.82) is 0 Å². The third-order valence-electron chi connectivity index (χ3n) is 6.87. The second kappa shape index (κ2) is 7.45. The van der Waals surface area contributed by atoms with Gasteiger partial charge in [-0.1, -0.05) is 33.3 Å². The van der Waals surface area contributed by atoms with Crippen molar-refractivity contribution in [3.05, 3.63) is 28.8 Å². The molecule has 2 aliphatic rings. The van der Waals surface area contributed by atoms with Crippen LogP contribution in [0.2, 0.25) is 0 Å². The Hall–Kier alpha value is -0.400. The van der Waals surface area contributed by atoms with Crippen molar-refractivity contribution in [1.82, 2.24) is 0 Å². The van der Waals surface area contributed by atoms with Crippen molar-refractivity contribution in [3.8, 4) is 0 Å². The quantitative estimate of drug-likeness (QED) is 0.592. The molecule has 1 aromatic carbocycles. The van der Waals surface area contributed by atoms with E-state index in [1.807, 2.05) is 26.8 Å². The molecule has 1 saturated carbocycles. The maximum absolute atomic E-state index is 12.0. The molecule has 0 amide bonds. The van der Waals surface area contributed by atoms with Crippen LogP contribution in [-0.4, -0.2) is 53.6 Å². The second-order valence-corrected chi connectivity index (χ2v) is 10.2. The number of aryl methyl sites for hydroxylation is 1. The van der Waals surface area contributed by atoms with Gasteiger partial charge in [0, 0.05) is 29.6 Å². The van der Waals surface area contributed by atoms with Crippen LogP contribution in [0.5, 0.6) is 0 Å². The van der Waals surface area contributed by atoms with E-state index in [0.29, 0.717) is 12.0 Å². The number of carbonyl (C=O) groups is 1. The van der Waals surface area contributed by atoms with Crippen molar-refractivity contribution >= 4 is 45.6 Å². The number of hydrogen-bond acceptors (Lipinski definition) is 3. The fourth-order valence-corrected chi connectivity index (χ4v) is 6.31. The summed E-state index contributed by atoms with van der Waals surface area (Å²) in [5, 5.41) is 9.86. The first kappa shape index (κ1) is 22.9. The zero-order chi connectivity index (χ0) is 19.5. The van der Waals surface area contributed by atoms with Crippen molar-refractivity contribution in [2.75, 3.05) is 0 Å². The van der Waals surface area contributed by atoms with E-state index in [2.05, 4.69) is 6.92 Å². The predicted octanol–water partition coefficient (Wildman–Crippen LogP) is 3.77. The van der Waals surface area contributed by atoms with Crippen LogP contribution in [0.15, 0.2) is 17.0 Å². The molecule has 0 aliphatic heterocycles. The van der Waals surface area contributed by atoms with Gasteiger partial charge in [0.25, 0.3) is 10.1 Å². The molecule has 3 unspecified atom stereocenters. The molecule has 27 heavy (non-hydrogen) atoms. The number of hydrogen-bond donors (Lipinski definition) is 2. The Morgan fingerprint density at radius 1 is 1.22 bits per heavy atom. The van der Waals surface area contributed by atoms with Gasteiger partial charge in [0.15, 0.2) is 0 Å². The molecule has 1 fully saturated rings. The number of carboxylic acid groups (broad SMARTS) is 1. The first-order valence-electron chi connectivity index (χ1n) is 9.29. The van der Waals surface area contributed by atoms with Gasteiger partial charge in [0.05, 0.1) is 10.3 Å². The summed E-state index contributed by atoms with van der Waals surface area (Å²) in [4.78, 5) is 12.0. The summed E-state index contributed by atoms with van der Waals surface area (Å²) < 4.78 is 33.8. The van der Waals surface area contributed by atoms with E-state index in [0.717, 1.165) is 36.8 Å². The first-order valence-corrected chi connectivity index (χ1v) is 10.7. The number of carboxylic acids is 1. The topological polar surface area (TPSA) is 91.7 Å². The predicted molar refractivity (Wildman–Crippen MR) is 105 cm³/mol. The summed E-state index contributed by atoms with van der Waals surface area (Å²) in [6.07, 6.45) is 3.80. The fourth-order valence-electron chi connectivity index (χ4n) is 5.45. The molecule has 1 aromatic rings. The molecule has 2 aliphatic carbocycles. The third kappa shape index (κ3) is 3.64. The summed E-state index contributed by atoms with van der Waals surface area (Å²) in [5.41, 5.74) is 1.42. The smallest absolute Gasteiger partial charge is 0.309 e. The molecule has 1 radical (unpaired) electrons. The Morgan fingerprint density at radius 3 is 2.37 bits per heavy atom. The zero-order valence-electron chi connectivity index (χ0n) is 16.9. The van der Waals surface area contributed by atoms with Crippen LogP contribution in [0.3, 0.4) is 0 Å². The van der Waals surface area contributed by atoms with Crippen molar-refractivity contribution < 1.29 is 22.9 Å². The molecule has 0 aromatic heterocycles. The number of aliphatic carboxylic acids is 1. The zero-order valence-corrected chi connectivity index (χ0v) is 19.7. The van der Waals surface area contributed by atoms with E-state index in [9.17, 15) is 22.9 Å². The normalized spacial score (nSPS) is 30.2. The van der Waals surface area contributed by atoms with Gasteiger partial charge in [-0.3, -0.25) is 9.35 Å². The van der Waals surface area contributed by atoms with Gasteiger partial charge in [-0.15, -0.1) is 0 Å². The second-order valence-electron chi connectivity index (χ2n) is 8.76. The molecular formula is C20H28NaO5S. The number of fused-ring (bicyclic) bond motifs is 3. The summed E-state index contributed by atoms with van der Waals surface area (Å²) >= 11 is 0. The van der Waals surface area contributed by atoms with Gasteiger partial charge < -0.3 is 5.11 Å². The van der Waals surface area contributed by atoms with Crippen molar-refractivity contribution in [3.63, 3.8) is 0 Å². The van der Waals surface area contributed by atoms with Crippen LogP contribution in [-0.2, 0) is 26.7 Å². The average molecular weight is 403 g/mol. The molecule has 145 valence electrons. The van der Waals surface area contributed by atoms with Crippen LogP contribution in [0.4, 0.5) is 0 Å². The molecule has 0 spiro atoms. The summed E-state index contributed by atoms with van der Waals surface area (Å²) in [6.45, 7) is 7.71.